The van der Waals surface area contributed by atoms with E-state index in [0.717, 1.165) is 43.9 Å². The highest BCUT2D eigenvalue weighted by Gasteiger charge is 2.28. The summed E-state index contributed by atoms with van der Waals surface area (Å²) in [4.78, 5) is 32.2. The van der Waals surface area contributed by atoms with E-state index in [2.05, 4.69) is 4.90 Å². The fourth-order valence-electron chi connectivity index (χ4n) is 4.89. The molecule has 4 rings (SSSR count). The lowest BCUT2D eigenvalue weighted by Crippen LogP contribution is -2.50. The lowest BCUT2D eigenvalue weighted by atomic mass is 10.1. The molecule has 0 bridgehead atoms. The van der Waals surface area contributed by atoms with Gasteiger partial charge < -0.3 is 28.7 Å². The number of rotatable bonds is 8. The molecule has 9 nitrogen and oxygen atoms in total. The molecule has 2 amide bonds. The Bertz CT molecular complexity index is 1060. The molecule has 0 N–H and O–H groups in total. The number of nitrogens with zero attached hydrogens (tertiary/aromatic N) is 3. The van der Waals surface area contributed by atoms with Crippen molar-refractivity contribution in [3.63, 3.8) is 0 Å². The van der Waals surface area contributed by atoms with E-state index in [1.54, 1.807) is 39.5 Å². The topological polar surface area (TPSA) is 80.8 Å². The maximum atomic E-state index is 13.2. The third-order valence-electron chi connectivity index (χ3n) is 6.97. The zero-order valence-corrected chi connectivity index (χ0v) is 22.0. The standard InChI is InChI=1S/C28H37N3O6/c1-34-23-8-5-21(6-9-23)17-27(32)30-12-4-11-29(13-14-30)19-24-20-31(15-16-37-24)28(33)22-7-10-25(35-2)26(18-22)36-3/h5-10,18,24H,4,11-17,19-20H2,1-3H3. The van der Waals surface area contributed by atoms with Crippen LogP contribution in [0.1, 0.15) is 22.3 Å². The highest BCUT2D eigenvalue weighted by molar-refractivity contribution is 5.95. The van der Waals surface area contributed by atoms with Crippen LogP contribution in [0.15, 0.2) is 42.5 Å². The first-order valence-electron chi connectivity index (χ1n) is 12.8. The summed E-state index contributed by atoms with van der Waals surface area (Å²) in [7, 11) is 4.77. The highest BCUT2D eigenvalue weighted by atomic mass is 16.5. The van der Waals surface area contributed by atoms with Crippen LogP contribution < -0.4 is 14.2 Å². The molecule has 2 aliphatic rings. The van der Waals surface area contributed by atoms with Gasteiger partial charge in [-0.3, -0.25) is 14.5 Å². The molecule has 200 valence electrons. The smallest absolute Gasteiger partial charge is 0.254 e. The number of benzene rings is 2. The van der Waals surface area contributed by atoms with Gasteiger partial charge in [0, 0.05) is 44.8 Å². The number of ether oxygens (including phenoxy) is 4. The fourth-order valence-corrected chi connectivity index (χ4v) is 4.89. The van der Waals surface area contributed by atoms with Crippen molar-refractivity contribution in [2.24, 2.45) is 0 Å². The largest absolute Gasteiger partial charge is 0.497 e. The highest BCUT2D eigenvalue weighted by Crippen LogP contribution is 2.28. The zero-order chi connectivity index (χ0) is 26.2. The zero-order valence-electron chi connectivity index (χ0n) is 22.0. The van der Waals surface area contributed by atoms with E-state index < -0.39 is 0 Å². The van der Waals surface area contributed by atoms with Crippen LogP contribution in [-0.2, 0) is 16.0 Å². The van der Waals surface area contributed by atoms with Gasteiger partial charge in [-0.05, 0) is 48.9 Å². The molecule has 2 aliphatic heterocycles. The molecule has 2 aromatic carbocycles. The lowest BCUT2D eigenvalue weighted by molar-refractivity contribution is -0.130. The molecule has 1 unspecified atom stereocenters. The SMILES string of the molecule is COc1ccc(CC(=O)N2CCCN(CC3CN(C(=O)c4ccc(OC)c(OC)c4)CCO3)CC2)cc1. The van der Waals surface area contributed by atoms with Gasteiger partial charge in [-0.2, -0.15) is 0 Å². The predicted octanol–water partition coefficient (Wildman–Crippen LogP) is 2.33. The van der Waals surface area contributed by atoms with Crippen molar-refractivity contribution >= 4 is 11.8 Å². The van der Waals surface area contributed by atoms with Crippen LogP contribution in [0.2, 0.25) is 0 Å². The summed E-state index contributed by atoms with van der Waals surface area (Å²) >= 11 is 0. The van der Waals surface area contributed by atoms with Crippen LogP contribution in [0.25, 0.3) is 0 Å². The summed E-state index contributed by atoms with van der Waals surface area (Å²) in [5, 5.41) is 0. The molecule has 2 aromatic rings. The van der Waals surface area contributed by atoms with Gasteiger partial charge in [0.2, 0.25) is 5.91 Å². The molecule has 9 heteroatoms. The number of carbonyl (C=O) groups is 2. The van der Waals surface area contributed by atoms with Crippen LogP contribution in [0.3, 0.4) is 0 Å². The maximum absolute atomic E-state index is 13.2. The third kappa shape index (κ3) is 6.93. The summed E-state index contributed by atoms with van der Waals surface area (Å²) in [6, 6.07) is 12.9. The van der Waals surface area contributed by atoms with Crippen molar-refractivity contribution in [2.75, 3.05) is 73.7 Å². The van der Waals surface area contributed by atoms with E-state index in [4.69, 9.17) is 18.9 Å². The number of methoxy groups -OCH3 is 3. The van der Waals surface area contributed by atoms with Crippen LogP contribution >= 0.6 is 0 Å². The van der Waals surface area contributed by atoms with Gasteiger partial charge in [0.1, 0.15) is 5.75 Å². The number of hydrogen-bond donors (Lipinski definition) is 0. The van der Waals surface area contributed by atoms with Crippen molar-refractivity contribution in [1.82, 2.24) is 14.7 Å². The normalized spacial score (nSPS) is 18.7. The van der Waals surface area contributed by atoms with E-state index in [1.165, 1.54) is 0 Å². The Kier molecular flexibility index (Phi) is 9.24. The van der Waals surface area contributed by atoms with Crippen LogP contribution in [-0.4, -0.2) is 106 Å². The first kappa shape index (κ1) is 26.8. The molecule has 0 radical (unpaired) electrons. The number of morpholine rings is 1. The van der Waals surface area contributed by atoms with Crippen LogP contribution in [0, 0.1) is 0 Å². The minimum Gasteiger partial charge on any atom is -0.497 e. The Morgan fingerprint density at radius 1 is 0.865 bits per heavy atom. The molecule has 2 saturated heterocycles. The molecule has 2 fully saturated rings. The van der Waals surface area contributed by atoms with E-state index in [1.807, 2.05) is 34.1 Å². The predicted molar refractivity (Wildman–Crippen MR) is 140 cm³/mol. The Labute approximate surface area is 218 Å². The van der Waals surface area contributed by atoms with Gasteiger partial charge in [0.05, 0.1) is 40.5 Å². The number of hydrogen-bond acceptors (Lipinski definition) is 7. The Morgan fingerprint density at radius 3 is 2.38 bits per heavy atom. The summed E-state index contributed by atoms with van der Waals surface area (Å²) in [6.07, 6.45) is 1.23. The summed E-state index contributed by atoms with van der Waals surface area (Å²) in [6.45, 7) is 5.45. The lowest BCUT2D eigenvalue weighted by Gasteiger charge is -2.35. The van der Waals surface area contributed by atoms with Crippen molar-refractivity contribution in [2.45, 2.75) is 18.9 Å². The summed E-state index contributed by atoms with van der Waals surface area (Å²) in [5.74, 6) is 2.02. The van der Waals surface area contributed by atoms with Gasteiger partial charge in [0.25, 0.3) is 5.91 Å². The van der Waals surface area contributed by atoms with Gasteiger partial charge in [-0.25, -0.2) is 0 Å². The third-order valence-corrected chi connectivity index (χ3v) is 6.97. The van der Waals surface area contributed by atoms with Crippen LogP contribution in [0.4, 0.5) is 0 Å². The summed E-state index contributed by atoms with van der Waals surface area (Å²) < 4.78 is 21.9. The molecule has 0 aromatic heterocycles. The van der Waals surface area contributed by atoms with Crippen LogP contribution in [0.5, 0.6) is 17.2 Å². The molecule has 1 atom stereocenters. The minimum atomic E-state index is -0.0700. The van der Waals surface area contributed by atoms with Crippen molar-refractivity contribution < 1.29 is 28.5 Å². The van der Waals surface area contributed by atoms with E-state index in [9.17, 15) is 9.59 Å². The second kappa shape index (κ2) is 12.8. The molecular weight excluding hydrogens is 474 g/mol. The monoisotopic (exact) mass is 511 g/mol. The Balaban J connectivity index is 1.28. The van der Waals surface area contributed by atoms with Gasteiger partial charge >= 0.3 is 0 Å². The van der Waals surface area contributed by atoms with E-state index >= 15 is 0 Å². The van der Waals surface area contributed by atoms with Gasteiger partial charge in [-0.1, -0.05) is 12.1 Å². The van der Waals surface area contributed by atoms with E-state index in [0.29, 0.717) is 49.7 Å². The van der Waals surface area contributed by atoms with Gasteiger partial charge in [-0.15, -0.1) is 0 Å². The second-order valence-electron chi connectivity index (χ2n) is 9.37. The number of amides is 2. The van der Waals surface area contributed by atoms with E-state index in [-0.39, 0.29) is 17.9 Å². The van der Waals surface area contributed by atoms with Crippen molar-refractivity contribution in [3.05, 3.63) is 53.6 Å². The molecule has 0 spiro atoms. The molecule has 0 aliphatic carbocycles. The quantitative estimate of drug-likeness (QED) is 0.538. The average molecular weight is 512 g/mol. The second-order valence-corrected chi connectivity index (χ2v) is 9.37. The van der Waals surface area contributed by atoms with Crippen molar-refractivity contribution in [1.29, 1.82) is 0 Å². The number of carbonyl (C=O) groups excluding carboxylic acids is 2. The first-order chi connectivity index (χ1) is 18.0. The fraction of sp³-hybridized carbons (Fsp3) is 0.500. The molecular formula is C28H37N3O6. The maximum Gasteiger partial charge on any atom is 0.254 e. The molecule has 2 heterocycles. The molecule has 37 heavy (non-hydrogen) atoms. The van der Waals surface area contributed by atoms with Crippen molar-refractivity contribution in [3.8, 4) is 17.2 Å². The first-order valence-corrected chi connectivity index (χ1v) is 12.8. The Morgan fingerprint density at radius 2 is 1.65 bits per heavy atom. The average Bonchev–Trinajstić information content (AvgIpc) is 3.18. The van der Waals surface area contributed by atoms with Gasteiger partial charge in [0.15, 0.2) is 11.5 Å². The minimum absolute atomic E-state index is 0.0413. The Hall–Kier alpha value is -3.30. The molecule has 0 saturated carbocycles. The summed E-state index contributed by atoms with van der Waals surface area (Å²) in [5.41, 5.74) is 1.56.